The Morgan fingerprint density at radius 3 is 2.61 bits per heavy atom. The molecule has 0 spiro atoms. The van der Waals surface area contributed by atoms with Gasteiger partial charge in [0.1, 0.15) is 16.8 Å². The Labute approximate surface area is 202 Å². The summed E-state index contributed by atoms with van der Waals surface area (Å²) in [5, 5.41) is 24.9. The van der Waals surface area contributed by atoms with Crippen molar-refractivity contribution in [2.24, 2.45) is 5.92 Å². The first-order valence-electron chi connectivity index (χ1n) is 11.2. The van der Waals surface area contributed by atoms with E-state index in [-0.39, 0.29) is 17.6 Å². The summed E-state index contributed by atoms with van der Waals surface area (Å²) in [6.45, 7) is 4.01. The molecule has 2 heterocycles. The van der Waals surface area contributed by atoms with Crippen LogP contribution < -0.4 is 5.32 Å². The molecule has 0 saturated carbocycles. The quantitative estimate of drug-likeness (QED) is 0.243. The van der Waals surface area contributed by atoms with Crippen molar-refractivity contribution < 1.29 is 9.90 Å². The summed E-state index contributed by atoms with van der Waals surface area (Å²) in [6, 6.07) is 12.9. The zero-order valence-corrected chi connectivity index (χ0v) is 20.4. The van der Waals surface area contributed by atoms with E-state index < -0.39 is 5.25 Å². The molecule has 1 amide bonds. The highest BCUT2D eigenvalue weighted by molar-refractivity contribution is 8.00. The van der Waals surface area contributed by atoms with Gasteiger partial charge in [0.2, 0.25) is 5.91 Å². The summed E-state index contributed by atoms with van der Waals surface area (Å²) >= 11 is 3.02. The zero-order chi connectivity index (χ0) is 23.4. The summed E-state index contributed by atoms with van der Waals surface area (Å²) in [7, 11) is 0. The number of nitrogens with zero attached hydrogens (tertiary/aromatic N) is 2. The fourth-order valence-corrected chi connectivity index (χ4v) is 6.06. The van der Waals surface area contributed by atoms with Crippen molar-refractivity contribution in [2.45, 2.75) is 56.2 Å². The van der Waals surface area contributed by atoms with Crippen LogP contribution >= 0.6 is 23.1 Å². The van der Waals surface area contributed by atoms with Gasteiger partial charge in [0.15, 0.2) is 0 Å². The van der Waals surface area contributed by atoms with E-state index in [1.165, 1.54) is 17.3 Å². The van der Waals surface area contributed by atoms with Gasteiger partial charge in [-0.3, -0.25) is 4.79 Å². The first kappa shape index (κ1) is 23.3. The first-order chi connectivity index (χ1) is 16.0. The van der Waals surface area contributed by atoms with Gasteiger partial charge < -0.3 is 10.4 Å². The molecule has 4 rings (SSSR count). The lowest BCUT2D eigenvalue weighted by Gasteiger charge is -2.22. The molecule has 5 nitrogen and oxygen atoms in total. The number of thioether (sulfide) groups is 1. The number of nitriles is 1. The van der Waals surface area contributed by atoms with E-state index in [1.807, 2.05) is 25.3 Å². The number of fused-ring (bicyclic) bond motifs is 1. The molecule has 1 atom stereocenters. The van der Waals surface area contributed by atoms with Gasteiger partial charge in [-0.25, -0.2) is 4.98 Å². The smallest absolute Gasteiger partial charge is 0.238 e. The summed E-state index contributed by atoms with van der Waals surface area (Å²) in [5.74, 6) is 0.0418. The number of amides is 1. The summed E-state index contributed by atoms with van der Waals surface area (Å²) in [4.78, 5) is 19.3. The van der Waals surface area contributed by atoms with Gasteiger partial charge in [-0.05, 0) is 72.9 Å². The van der Waals surface area contributed by atoms with Gasteiger partial charge in [0.25, 0.3) is 0 Å². The van der Waals surface area contributed by atoms with Crippen LogP contribution in [-0.4, -0.2) is 21.2 Å². The molecule has 0 fully saturated rings. The van der Waals surface area contributed by atoms with E-state index in [0.29, 0.717) is 16.3 Å². The van der Waals surface area contributed by atoms with E-state index in [0.717, 1.165) is 48.2 Å². The fraction of sp³-hybridized carbons (Fsp3) is 0.346. The minimum Gasteiger partial charge on any atom is -0.508 e. The van der Waals surface area contributed by atoms with E-state index in [9.17, 15) is 15.2 Å². The van der Waals surface area contributed by atoms with E-state index in [1.54, 1.807) is 35.6 Å². The van der Waals surface area contributed by atoms with Crippen molar-refractivity contribution in [1.29, 1.82) is 5.26 Å². The average Bonchev–Trinajstić information content (AvgIpc) is 3.23. The van der Waals surface area contributed by atoms with Gasteiger partial charge in [-0.15, -0.1) is 11.3 Å². The minimum atomic E-state index is -0.418. The molecule has 170 valence electrons. The lowest BCUT2D eigenvalue weighted by atomic mass is 9.97. The maximum atomic E-state index is 13.2. The number of pyridine rings is 1. The maximum absolute atomic E-state index is 13.2. The highest BCUT2D eigenvalue weighted by Crippen LogP contribution is 2.41. The van der Waals surface area contributed by atoms with Crippen molar-refractivity contribution in [1.82, 2.24) is 4.98 Å². The lowest BCUT2D eigenvalue weighted by molar-refractivity contribution is -0.116. The number of carbonyl (C=O) groups is 1. The number of anilines is 1. The molecule has 0 bridgehead atoms. The third-order valence-electron chi connectivity index (χ3n) is 5.81. The summed E-state index contributed by atoms with van der Waals surface area (Å²) in [5.41, 5.74) is 4.47. The van der Waals surface area contributed by atoms with Crippen LogP contribution in [0.1, 0.15) is 49.9 Å². The Morgan fingerprint density at radius 1 is 1.18 bits per heavy atom. The Kier molecular flexibility index (Phi) is 7.36. The number of nitrogens with one attached hydrogen (secondary N) is 1. The Morgan fingerprint density at radius 2 is 1.94 bits per heavy atom. The van der Waals surface area contributed by atoms with Crippen LogP contribution in [0.15, 0.2) is 46.8 Å². The predicted octanol–water partition coefficient (Wildman–Crippen LogP) is 6.41. The number of hydrogen-bond donors (Lipinski definition) is 2. The zero-order valence-electron chi connectivity index (χ0n) is 18.8. The number of benzene rings is 1. The molecule has 1 aliphatic rings. The maximum Gasteiger partial charge on any atom is 0.238 e. The number of thiophene rings is 1. The fourth-order valence-electron chi connectivity index (χ4n) is 4.15. The molecule has 2 aromatic heterocycles. The molecular weight excluding hydrogens is 450 g/mol. The largest absolute Gasteiger partial charge is 0.508 e. The second kappa shape index (κ2) is 10.4. The number of hydrogen-bond acceptors (Lipinski definition) is 6. The van der Waals surface area contributed by atoms with Gasteiger partial charge in [0, 0.05) is 21.8 Å². The van der Waals surface area contributed by atoms with Crippen molar-refractivity contribution in [2.75, 3.05) is 5.32 Å². The molecular formula is C26H27N3O2S2. The second-order valence-corrected chi connectivity index (χ2v) is 10.6. The Bertz CT molecular complexity index is 1170. The highest BCUT2D eigenvalue weighted by atomic mass is 32.2. The second-order valence-electron chi connectivity index (χ2n) is 8.56. The molecule has 1 aromatic carbocycles. The van der Waals surface area contributed by atoms with Crippen molar-refractivity contribution in [3.8, 4) is 22.3 Å². The van der Waals surface area contributed by atoms with Gasteiger partial charge >= 0.3 is 0 Å². The molecule has 7 heteroatoms. The Hall–Kier alpha value is -2.82. The number of aryl methyl sites for hydroxylation is 1. The number of aromatic nitrogens is 1. The molecule has 0 radical (unpaired) electrons. The number of carbonyl (C=O) groups excluding carboxylic acids is 1. The summed E-state index contributed by atoms with van der Waals surface area (Å²) in [6.07, 6.45) is 5.19. The molecule has 2 N–H and O–H groups in total. The van der Waals surface area contributed by atoms with Crippen LogP contribution in [0, 0.1) is 17.2 Å². The lowest BCUT2D eigenvalue weighted by Crippen LogP contribution is -2.30. The van der Waals surface area contributed by atoms with Gasteiger partial charge in [-0.2, -0.15) is 5.26 Å². The third-order valence-corrected chi connectivity index (χ3v) is 8.23. The van der Waals surface area contributed by atoms with E-state index in [4.69, 9.17) is 4.98 Å². The first-order valence-corrected chi connectivity index (χ1v) is 13.0. The van der Waals surface area contributed by atoms with Gasteiger partial charge in [-0.1, -0.05) is 38.1 Å². The summed E-state index contributed by atoms with van der Waals surface area (Å²) < 4.78 is 0. The topological polar surface area (TPSA) is 86.0 Å². The number of phenols is 1. The molecule has 0 aliphatic heterocycles. The molecule has 0 unspecified atom stereocenters. The van der Waals surface area contributed by atoms with Crippen LogP contribution in [0.5, 0.6) is 5.75 Å². The van der Waals surface area contributed by atoms with Crippen LogP contribution in [-0.2, 0) is 17.6 Å². The highest BCUT2D eigenvalue weighted by Gasteiger charge is 2.29. The average molecular weight is 478 g/mol. The Balaban J connectivity index is 1.73. The van der Waals surface area contributed by atoms with Crippen LogP contribution in [0.25, 0.3) is 10.4 Å². The molecule has 1 aliphatic carbocycles. The monoisotopic (exact) mass is 477 g/mol. The number of phenolic OH excluding ortho intramolecular Hbond substituents is 1. The number of aromatic hydroxyl groups is 1. The number of rotatable bonds is 6. The molecule has 3 aromatic rings. The molecule has 0 saturated heterocycles. The van der Waals surface area contributed by atoms with Crippen LogP contribution in [0.3, 0.4) is 0 Å². The molecule has 33 heavy (non-hydrogen) atoms. The van der Waals surface area contributed by atoms with Crippen molar-refractivity contribution in [3.63, 3.8) is 0 Å². The SMILES string of the molecule is CC(C)[C@@H](Sc1nc2c(c(-c3cccs3)c1C#N)CCCCC2)C(=O)Nc1ccc(O)cc1. The standard InChI is InChI=1S/C26H27N3O2S2/c1-16(2)24(25(31)28-17-10-12-18(30)13-11-17)33-26-20(15-27)23(22-9-6-14-32-22)19-7-4-3-5-8-21(19)29-26/h6,9-14,16,24,30H,3-5,7-8H2,1-2H3,(H,28,31)/t24-/m1/s1. The van der Waals surface area contributed by atoms with E-state index >= 15 is 0 Å². The van der Waals surface area contributed by atoms with Crippen molar-refractivity contribution in [3.05, 3.63) is 58.6 Å². The third kappa shape index (κ3) is 5.23. The normalized spacial score (nSPS) is 14.2. The van der Waals surface area contributed by atoms with Crippen molar-refractivity contribution >= 4 is 34.7 Å². The van der Waals surface area contributed by atoms with Crippen LogP contribution in [0.2, 0.25) is 0 Å². The van der Waals surface area contributed by atoms with Crippen LogP contribution in [0.4, 0.5) is 5.69 Å². The minimum absolute atomic E-state index is 0.0319. The van der Waals surface area contributed by atoms with E-state index in [2.05, 4.69) is 17.5 Å². The predicted molar refractivity (Wildman–Crippen MR) is 135 cm³/mol. The van der Waals surface area contributed by atoms with Gasteiger partial charge in [0.05, 0.1) is 10.8 Å².